The van der Waals surface area contributed by atoms with Gasteiger partial charge in [-0.05, 0) is 0 Å². The molecule has 0 amide bonds. The molecule has 0 aromatic rings. The molecule has 1 atom stereocenters. The second-order valence-electron chi connectivity index (χ2n) is 1.96. The van der Waals surface area contributed by atoms with Gasteiger partial charge in [0.2, 0.25) is 0 Å². The van der Waals surface area contributed by atoms with Crippen LogP contribution in [-0.2, 0) is 4.79 Å². The van der Waals surface area contributed by atoms with Gasteiger partial charge in [0, 0.05) is 0 Å². The number of hydrogen-bond donors (Lipinski definition) is 0. The minimum absolute atomic E-state index is 0.212. The van der Waals surface area contributed by atoms with Gasteiger partial charge in [-0.25, -0.2) is 0 Å². The van der Waals surface area contributed by atoms with Crippen molar-refractivity contribution in [3.05, 3.63) is 22.4 Å². The van der Waals surface area contributed by atoms with E-state index < -0.39 is 0 Å². The van der Waals surface area contributed by atoms with E-state index in [4.69, 9.17) is 0 Å². The summed E-state index contributed by atoms with van der Waals surface area (Å²) in [4.78, 5) is 13.0. The van der Waals surface area contributed by atoms with Gasteiger partial charge in [-0.2, -0.15) is 0 Å². The molecule has 0 aliphatic heterocycles. The molecule has 11 heavy (non-hydrogen) atoms. The van der Waals surface area contributed by atoms with Crippen molar-refractivity contribution < 1.29 is 4.79 Å². The van der Waals surface area contributed by atoms with Crippen molar-refractivity contribution in [1.29, 1.82) is 0 Å². The maximum absolute atomic E-state index is 10.8. The van der Waals surface area contributed by atoms with Crippen LogP contribution in [0.25, 0.3) is 0 Å². The quantitative estimate of drug-likeness (QED) is 0.681. The third-order valence-electron chi connectivity index (χ3n) is 1.09. The van der Waals surface area contributed by atoms with Gasteiger partial charge in [-0.1, -0.05) is 0 Å². The van der Waals surface area contributed by atoms with Gasteiger partial charge in [0.1, 0.15) is 0 Å². The van der Waals surface area contributed by atoms with Crippen LogP contribution in [0.5, 0.6) is 0 Å². The molecule has 62 valence electrons. The summed E-state index contributed by atoms with van der Waals surface area (Å²) in [6.45, 7) is 7.17. The first-order valence-electron chi connectivity index (χ1n) is 3.25. The molecule has 0 aromatic heterocycles. The Morgan fingerprint density at radius 2 is 2.36 bits per heavy atom. The Balaban J connectivity index is 3.52. The van der Waals surface area contributed by atoms with Crippen molar-refractivity contribution in [2.24, 2.45) is 0 Å². The molecular weight excluding hydrogens is 223 g/mol. The van der Waals surface area contributed by atoms with E-state index in [9.17, 15) is 4.79 Å². The van der Waals surface area contributed by atoms with Crippen LogP contribution in [0, 0.1) is 0 Å². The van der Waals surface area contributed by atoms with Gasteiger partial charge in [0.05, 0.1) is 0 Å². The topological polar surface area (TPSA) is 17.1 Å². The van der Waals surface area contributed by atoms with Gasteiger partial charge >= 0.3 is 78.3 Å². The molecule has 0 aliphatic carbocycles. The van der Waals surface area contributed by atoms with E-state index >= 15 is 0 Å². The molecule has 0 radical (unpaired) electrons. The van der Waals surface area contributed by atoms with Crippen molar-refractivity contribution in [2.45, 2.75) is 18.7 Å². The Kier molecular flexibility index (Phi) is 6.72. The molecule has 0 heterocycles. The second kappa shape index (κ2) is 6.71. The van der Waals surface area contributed by atoms with E-state index in [1.54, 1.807) is 24.1 Å². The molecule has 1 nitrogen and oxygen atoms in total. The van der Waals surface area contributed by atoms with Crippen molar-refractivity contribution in [1.82, 2.24) is 0 Å². The van der Waals surface area contributed by atoms with Crippen molar-refractivity contribution in [3.63, 3.8) is 0 Å². The minimum atomic E-state index is 0.212. The molecule has 3 heteroatoms. The second-order valence-corrected chi connectivity index (χ2v) is 5.47. The molecule has 0 rings (SSSR count). The molecule has 0 saturated carbocycles. The van der Waals surface area contributed by atoms with Crippen LogP contribution in [0.3, 0.4) is 0 Å². The zero-order valence-electron chi connectivity index (χ0n) is 6.74. The molecule has 0 saturated heterocycles. The fraction of sp³-hybridized carbons (Fsp3) is 0.375. The SMILES string of the molecule is C=CS/C=C\[Se]C(C)C(C)=O. The Hall–Kier alpha value is 0.0195. The first kappa shape index (κ1) is 11.0. The Labute approximate surface area is 78.5 Å². The standard InChI is InChI=1S/C8H12OSSe/c1-4-10-5-6-11-8(3)7(2)9/h4-6,8H,1H2,2-3H3/b6-5-. The van der Waals surface area contributed by atoms with Crippen LogP contribution in [-0.4, -0.2) is 20.7 Å². The van der Waals surface area contributed by atoms with E-state index in [-0.39, 0.29) is 10.6 Å². The van der Waals surface area contributed by atoms with Gasteiger partial charge in [0.15, 0.2) is 0 Å². The number of ketones is 1. The molecule has 0 fully saturated rings. The molecule has 0 aromatic carbocycles. The Morgan fingerprint density at radius 1 is 1.73 bits per heavy atom. The van der Waals surface area contributed by atoms with Crippen LogP contribution < -0.4 is 0 Å². The van der Waals surface area contributed by atoms with Gasteiger partial charge in [0.25, 0.3) is 0 Å². The average molecular weight is 235 g/mol. The predicted molar refractivity (Wildman–Crippen MR) is 52.8 cm³/mol. The predicted octanol–water partition coefficient (Wildman–Crippen LogP) is 2.44. The van der Waals surface area contributed by atoms with Gasteiger partial charge in [-0.3, -0.25) is 0 Å². The Morgan fingerprint density at radius 3 is 2.82 bits per heavy atom. The number of carbonyl (C=O) groups is 1. The summed E-state index contributed by atoms with van der Waals surface area (Å²) in [6.07, 6.45) is 0. The summed E-state index contributed by atoms with van der Waals surface area (Å²) in [6, 6.07) is 0. The summed E-state index contributed by atoms with van der Waals surface area (Å²) in [5, 5.41) is 3.75. The number of rotatable bonds is 5. The Bertz CT molecular complexity index is 165. The summed E-state index contributed by atoms with van der Waals surface area (Å²) in [5.74, 6) is 0.276. The first-order valence-corrected chi connectivity index (χ1v) is 6.18. The number of carbonyl (C=O) groups excluding carboxylic acids is 1. The van der Waals surface area contributed by atoms with E-state index in [1.165, 1.54) is 0 Å². The fourth-order valence-electron chi connectivity index (χ4n) is 0.333. The summed E-state index contributed by atoms with van der Waals surface area (Å²) in [5.41, 5.74) is 0. The van der Waals surface area contributed by atoms with Gasteiger partial charge in [-0.15, -0.1) is 0 Å². The number of thioether (sulfide) groups is 1. The summed E-state index contributed by atoms with van der Waals surface area (Å²) in [7, 11) is 0. The third kappa shape index (κ3) is 6.42. The molecule has 0 N–H and O–H groups in total. The summed E-state index contributed by atoms with van der Waals surface area (Å²) >= 11 is 1.86. The fourth-order valence-corrected chi connectivity index (χ4v) is 2.28. The molecule has 0 bridgehead atoms. The number of Topliss-reactive ketones (excluding diaryl/α,β-unsaturated/α-hetero) is 1. The van der Waals surface area contributed by atoms with Crippen LogP contribution >= 0.6 is 11.8 Å². The van der Waals surface area contributed by atoms with Crippen molar-refractivity contribution in [3.8, 4) is 0 Å². The molecule has 0 aliphatic rings. The van der Waals surface area contributed by atoms with Crippen LogP contribution in [0.1, 0.15) is 13.8 Å². The molecule has 0 spiro atoms. The first-order chi connectivity index (χ1) is 5.18. The maximum atomic E-state index is 10.8. The van der Waals surface area contributed by atoms with Crippen molar-refractivity contribution >= 4 is 32.5 Å². The monoisotopic (exact) mass is 236 g/mol. The van der Waals surface area contributed by atoms with Crippen LogP contribution in [0.2, 0.25) is 4.82 Å². The van der Waals surface area contributed by atoms with E-state index in [0.29, 0.717) is 15.0 Å². The number of hydrogen-bond acceptors (Lipinski definition) is 2. The zero-order valence-corrected chi connectivity index (χ0v) is 9.27. The van der Waals surface area contributed by atoms with E-state index in [0.717, 1.165) is 0 Å². The van der Waals surface area contributed by atoms with Crippen LogP contribution in [0.4, 0.5) is 0 Å². The summed E-state index contributed by atoms with van der Waals surface area (Å²) < 4.78 is 0. The zero-order chi connectivity index (χ0) is 8.69. The van der Waals surface area contributed by atoms with E-state index in [2.05, 4.69) is 11.6 Å². The van der Waals surface area contributed by atoms with E-state index in [1.807, 2.05) is 12.3 Å². The third-order valence-corrected chi connectivity index (χ3v) is 4.13. The molecular formula is C8H12OSSe. The molecule has 1 unspecified atom stereocenters. The van der Waals surface area contributed by atoms with Gasteiger partial charge < -0.3 is 0 Å². The van der Waals surface area contributed by atoms with Crippen molar-refractivity contribution in [2.75, 3.05) is 0 Å². The normalized spacial score (nSPS) is 13.3. The van der Waals surface area contributed by atoms with Crippen LogP contribution in [0.15, 0.2) is 22.4 Å². The average Bonchev–Trinajstić information content (AvgIpc) is 1.97.